The quantitative estimate of drug-likeness (QED) is 0.871. The Labute approximate surface area is 116 Å². The summed E-state index contributed by atoms with van der Waals surface area (Å²) in [7, 11) is 1.83. The SMILES string of the molecule is Cn1cc(C=CC(=O)NCc2ccc(Cl)cc2)cn1. The molecule has 0 bridgehead atoms. The maximum atomic E-state index is 11.6. The van der Waals surface area contributed by atoms with Crippen LogP contribution in [0.1, 0.15) is 11.1 Å². The van der Waals surface area contributed by atoms with E-state index in [1.807, 2.05) is 25.4 Å². The van der Waals surface area contributed by atoms with Crippen LogP contribution < -0.4 is 5.32 Å². The molecular weight excluding hydrogens is 262 g/mol. The van der Waals surface area contributed by atoms with Crippen LogP contribution in [0.15, 0.2) is 42.7 Å². The van der Waals surface area contributed by atoms with Crippen LogP contribution in [-0.2, 0) is 18.4 Å². The van der Waals surface area contributed by atoms with Crippen LogP contribution >= 0.6 is 11.6 Å². The molecule has 19 heavy (non-hydrogen) atoms. The van der Waals surface area contributed by atoms with Crippen molar-refractivity contribution in [1.29, 1.82) is 0 Å². The van der Waals surface area contributed by atoms with Gasteiger partial charge in [-0.3, -0.25) is 9.48 Å². The molecule has 0 aliphatic carbocycles. The largest absolute Gasteiger partial charge is 0.348 e. The van der Waals surface area contributed by atoms with Gasteiger partial charge in [0.25, 0.3) is 0 Å². The Kier molecular flexibility index (Phi) is 4.36. The van der Waals surface area contributed by atoms with Crippen molar-refractivity contribution in [3.63, 3.8) is 0 Å². The van der Waals surface area contributed by atoms with Crippen LogP contribution in [0.2, 0.25) is 5.02 Å². The number of nitrogens with one attached hydrogen (secondary N) is 1. The number of nitrogens with zero attached hydrogens (tertiary/aromatic N) is 2. The third kappa shape index (κ3) is 4.26. The lowest BCUT2D eigenvalue weighted by molar-refractivity contribution is -0.116. The van der Waals surface area contributed by atoms with E-state index in [-0.39, 0.29) is 5.91 Å². The molecule has 2 rings (SSSR count). The number of halogens is 1. The summed E-state index contributed by atoms with van der Waals surface area (Å²) in [5.74, 6) is -0.140. The molecule has 2 aromatic rings. The highest BCUT2D eigenvalue weighted by molar-refractivity contribution is 6.30. The normalized spacial score (nSPS) is 10.8. The summed E-state index contributed by atoms with van der Waals surface area (Å²) in [6.45, 7) is 0.480. The fourth-order valence-electron chi connectivity index (χ4n) is 1.55. The van der Waals surface area contributed by atoms with Crippen molar-refractivity contribution in [2.75, 3.05) is 0 Å². The topological polar surface area (TPSA) is 46.9 Å². The maximum Gasteiger partial charge on any atom is 0.244 e. The van der Waals surface area contributed by atoms with Gasteiger partial charge in [-0.25, -0.2) is 0 Å². The minimum Gasteiger partial charge on any atom is -0.348 e. The lowest BCUT2D eigenvalue weighted by atomic mass is 10.2. The van der Waals surface area contributed by atoms with Gasteiger partial charge in [0, 0.05) is 36.5 Å². The van der Waals surface area contributed by atoms with Gasteiger partial charge in [-0.2, -0.15) is 5.10 Å². The van der Waals surface area contributed by atoms with Gasteiger partial charge in [0.1, 0.15) is 0 Å². The molecule has 0 radical (unpaired) electrons. The van der Waals surface area contributed by atoms with Crippen molar-refractivity contribution in [3.8, 4) is 0 Å². The molecule has 1 heterocycles. The second-order valence-electron chi connectivity index (χ2n) is 4.12. The Hall–Kier alpha value is -2.07. The van der Waals surface area contributed by atoms with Crippen molar-refractivity contribution in [2.45, 2.75) is 6.54 Å². The van der Waals surface area contributed by atoms with Gasteiger partial charge < -0.3 is 5.32 Å². The first-order chi connectivity index (χ1) is 9.13. The minimum atomic E-state index is -0.140. The number of carbonyl (C=O) groups is 1. The van der Waals surface area contributed by atoms with Crippen LogP contribution in [0.4, 0.5) is 0 Å². The molecule has 0 atom stereocenters. The fourth-order valence-corrected chi connectivity index (χ4v) is 1.67. The number of hydrogen-bond donors (Lipinski definition) is 1. The van der Waals surface area contributed by atoms with E-state index >= 15 is 0 Å². The Bertz CT molecular complexity index is 587. The number of aromatic nitrogens is 2. The van der Waals surface area contributed by atoms with Gasteiger partial charge in [0.05, 0.1) is 6.20 Å². The van der Waals surface area contributed by atoms with Crippen molar-refractivity contribution in [2.24, 2.45) is 7.05 Å². The predicted molar refractivity (Wildman–Crippen MR) is 75.5 cm³/mol. The average molecular weight is 276 g/mol. The van der Waals surface area contributed by atoms with Gasteiger partial charge in [-0.1, -0.05) is 23.7 Å². The van der Waals surface area contributed by atoms with E-state index in [2.05, 4.69) is 10.4 Å². The number of amides is 1. The van der Waals surface area contributed by atoms with E-state index < -0.39 is 0 Å². The van der Waals surface area contributed by atoms with Crippen molar-refractivity contribution >= 4 is 23.6 Å². The summed E-state index contributed by atoms with van der Waals surface area (Å²) >= 11 is 5.79. The zero-order valence-corrected chi connectivity index (χ0v) is 11.3. The van der Waals surface area contributed by atoms with E-state index in [4.69, 9.17) is 11.6 Å². The molecule has 0 aliphatic heterocycles. The zero-order chi connectivity index (χ0) is 13.7. The molecule has 1 aromatic heterocycles. The maximum absolute atomic E-state index is 11.6. The molecule has 0 saturated heterocycles. The predicted octanol–water partition coefficient (Wildman–Crippen LogP) is 2.40. The van der Waals surface area contributed by atoms with Crippen molar-refractivity contribution in [3.05, 3.63) is 58.9 Å². The van der Waals surface area contributed by atoms with Gasteiger partial charge >= 0.3 is 0 Å². The third-order valence-electron chi connectivity index (χ3n) is 2.53. The highest BCUT2D eigenvalue weighted by atomic mass is 35.5. The summed E-state index contributed by atoms with van der Waals surface area (Å²) in [4.78, 5) is 11.6. The molecule has 0 unspecified atom stereocenters. The van der Waals surface area contributed by atoms with E-state index in [9.17, 15) is 4.79 Å². The Morgan fingerprint density at radius 2 is 2.16 bits per heavy atom. The number of rotatable bonds is 4. The molecule has 4 nitrogen and oxygen atoms in total. The summed E-state index contributed by atoms with van der Waals surface area (Å²) in [6.07, 6.45) is 6.75. The lowest BCUT2D eigenvalue weighted by Crippen LogP contribution is -2.20. The van der Waals surface area contributed by atoms with E-state index in [0.717, 1.165) is 11.1 Å². The fraction of sp³-hybridized carbons (Fsp3) is 0.143. The first-order valence-corrected chi connectivity index (χ1v) is 6.20. The van der Waals surface area contributed by atoms with Gasteiger partial charge in [0.15, 0.2) is 0 Å². The second kappa shape index (κ2) is 6.20. The molecule has 0 fully saturated rings. The number of aryl methyl sites for hydroxylation is 1. The van der Waals surface area contributed by atoms with Gasteiger partial charge in [-0.05, 0) is 23.8 Å². The number of benzene rings is 1. The van der Waals surface area contributed by atoms with E-state index in [1.165, 1.54) is 6.08 Å². The standard InChI is InChI=1S/C14H14ClN3O/c1-18-10-12(9-17-18)4-7-14(19)16-8-11-2-5-13(15)6-3-11/h2-7,9-10H,8H2,1H3,(H,16,19). The number of hydrogen-bond acceptors (Lipinski definition) is 2. The second-order valence-corrected chi connectivity index (χ2v) is 4.56. The Balaban J connectivity index is 1.84. The van der Waals surface area contributed by atoms with Crippen LogP contribution in [0, 0.1) is 0 Å². The molecule has 1 aromatic carbocycles. The van der Waals surface area contributed by atoms with Gasteiger partial charge in [0.2, 0.25) is 5.91 Å². The molecule has 0 saturated carbocycles. The molecule has 5 heteroatoms. The average Bonchev–Trinajstić information content (AvgIpc) is 2.81. The van der Waals surface area contributed by atoms with Crippen LogP contribution in [0.3, 0.4) is 0 Å². The molecule has 0 spiro atoms. The Morgan fingerprint density at radius 1 is 1.42 bits per heavy atom. The van der Waals surface area contributed by atoms with Crippen molar-refractivity contribution in [1.82, 2.24) is 15.1 Å². The third-order valence-corrected chi connectivity index (χ3v) is 2.78. The monoisotopic (exact) mass is 275 g/mol. The highest BCUT2D eigenvalue weighted by Crippen LogP contribution is 2.09. The van der Waals surface area contributed by atoms with Crippen LogP contribution in [0.25, 0.3) is 6.08 Å². The molecular formula is C14H14ClN3O. The summed E-state index contributed by atoms with van der Waals surface area (Å²) in [6, 6.07) is 7.37. The molecule has 0 aliphatic rings. The lowest BCUT2D eigenvalue weighted by Gasteiger charge is -2.02. The first kappa shape index (κ1) is 13.4. The zero-order valence-electron chi connectivity index (χ0n) is 10.5. The molecule has 98 valence electrons. The smallest absolute Gasteiger partial charge is 0.244 e. The molecule has 1 N–H and O–H groups in total. The summed E-state index contributed by atoms with van der Waals surface area (Å²) in [5, 5.41) is 7.50. The molecule has 1 amide bonds. The Morgan fingerprint density at radius 3 is 2.79 bits per heavy atom. The summed E-state index contributed by atoms with van der Waals surface area (Å²) in [5.41, 5.74) is 1.90. The van der Waals surface area contributed by atoms with Crippen molar-refractivity contribution < 1.29 is 4.79 Å². The number of carbonyl (C=O) groups excluding carboxylic acids is 1. The van der Waals surface area contributed by atoms with E-state index in [0.29, 0.717) is 11.6 Å². The van der Waals surface area contributed by atoms with E-state index in [1.54, 1.807) is 29.1 Å². The highest BCUT2D eigenvalue weighted by Gasteiger charge is 1.97. The van der Waals surface area contributed by atoms with Crippen LogP contribution in [-0.4, -0.2) is 15.7 Å². The van der Waals surface area contributed by atoms with Crippen LogP contribution in [0.5, 0.6) is 0 Å². The first-order valence-electron chi connectivity index (χ1n) is 5.82. The summed E-state index contributed by atoms with van der Waals surface area (Å²) < 4.78 is 1.69. The van der Waals surface area contributed by atoms with Gasteiger partial charge in [-0.15, -0.1) is 0 Å². The minimum absolute atomic E-state index is 0.140.